The van der Waals surface area contributed by atoms with Gasteiger partial charge in [0.25, 0.3) is 5.91 Å². The van der Waals surface area contributed by atoms with Crippen molar-refractivity contribution in [2.24, 2.45) is 5.92 Å². The Balaban J connectivity index is 1.38. The van der Waals surface area contributed by atoms with Gasteiger partial charge in [-0.25, -0.2) is 8.42 Å². The minimum atomic E-state index is -3.51. The summed E-state index contributed by atoms with van der Waals surface area (Å²) in [5.41, 5.74) is 1.95. The molecule has 6 nitrogen and oxygen atoms in total. The lowest BCUT2D eigenvalue weighted by molar-refractivity contribution is -0.123. The Bertz CT molecular complexity index is 1130. The highest BCUT2D eigenvalue weighted by molar-refractivity contribution is 7.89. The number of ether oxygens (including phenoxy) is 1. The van der Waals surface area contributed by atoms with Crippen molar-refractivity contribution < 1.29 is 17.9 Å². The molecule has 0 aromatic heterocycles. The third-order valence-corrected chi connectivity index (χ3v) is 8.06. The maximum Gasteiger partial charge on any atom is 0.258 e. The van der Waals surface area contributed by atoms with Crippen LogP contribution in [0.2, 0.25) is 0 Å². The van der Waals surface area contributed by atoms with Crippen molar-refractivity contribution in [2.75, 3.05) is 19.7 Å². The van der Waals surface area contributed by atoms with E-state index in [4.69, 9.17) is 4.74 Å². The van der Waals surface area contributed by atoms with Crippen molar-refractivity contribution in [2.45, 2.75) is 30.7 Å². The summed E-state index contributed by atoms with van der Waals surface area (Å²) in [7, 11) is -3.51. The normalized spacial score (nSPS) is 15.2. The van der Waals surface area contributed by atoms with E-state index in [1.807, 2.05) is 60.7 Å². The molecule has 7 heteroatoms. The summed E-state index contributed by atoms with van der Waals surface area (Å²) in [6, 6.07) is 25.5. The zero-order valence-electron chi connectivity index (χ0n) is 19.3. The van der Waals surface area contributed by atoms with Crippen molar-refractivity contribution in [3.63, 3.8) is 0 Å². The number of piperidine rings is 1. The van der Waals surface area contributed by atoms with Gasteiger partial charge in [0.05, 0.1) is 10.9 Å². The van der Waals surface area contributed by atoms with Gasteiger partial charge < -0.3 is 10.1 Å². The Hall–Kier alpha value is -3.16. The number of carbonyl (C=O) groups is 1. The summed E-state index contributed by atoms with van der Waals surface area (Å²) in [5.74, 6) is 0.728. The molecule has 1 fully saturated rings. The number of benzene rings is 3. The van der Waals surface area contributed by atoms with Gasteiger partial charge in [-0.1, -0.05) is 67.6 Å². The molecule has 0 bridgehead atoms. The fourth-order valence-corrected chi connectivity index (χ4v) is 5.55. The number of sulfonamides is 1. The molecule has 0 aliphatic carbocycles. The number of nitrogens with one attached hydrogen (secondary N) is 1. The molecular formula is C27H30N2O4S. The summed E-state index contributed by atoms with van der Waals surface area (Å²) >= 11 is 0. The predicted octanol–water partition coefficient (Wildman–Crippen LogP) is 4.39. The van der Waals surface area contributed by atoms with Gasteiger partial charge in [-0.15, -0.1) is 0 Å². The SMILES string of the molecule is CC1CCN(S(=O)(=O)c2ccc(OCC(=O)NC(c3ccccc3)c3ccccc3)cc2)CC1. The quantitative estimate of drug-likeness (QED) is 0.521. The third-order valence-electron chi connectivity index (χ3n) is 6.15. The van der Waals surface area contributed by atoms with Crippen LogP contribution in [0.5, 0.6) is 5.75 Å². The fraction of sp³-hybridized carbons (Fsp3) is 0.296. The molecule has 3 aromatic rings. The predicted molar refractivity (Wildman–Crippen MR) is 132 cm³/mol. The molecule has 1 amide bonds. The Kier molecular flexibility index (Phi) is 7.65. The number of amides is 1. The molecule has 0 radical (unpaired) electrons. The van der Waals surface area contributed by atoms with Crippen LogP contribution in [0.15, 0.2) is 89.8 Å². The maximum absolute atomic E-state index is 12.9. The first kappa shape index (κ1) is 24.0. The molecule has 4 rings (SSSR count). The van der Waals surface area contributed by atoms with Crippen molar-refractivity contribution in [1.82, 2.24) is 9.62 Å². The van der Waals surface area contributed by atoms with Gasteiger partial charge in [-0.2, -0.15) is 4.31 Å². The smallest absolute Gasteiger partial charge is 0.258 e. The molecule has 1 aliphatic rings. The second-order valence-corrected chi connectivity index (χ2v) is 10.6. The van der Waals surface area contributed by atoms with E-state index in [1.54, 1.807) is 16.4 Å². The molecule has 3 aromatic carbocycles. The minimum absolute atomic E-state index is 0.174. The van der Waals surface area contributed by atoms with E-state index in [1.165, 1.54) is 12.1 Å². The molecule has 0 unspecified atom stereocenters. The lowest BCUT2D eigenvalue weighted by Gasteiger charge is -2.29. The summed E-state index contributed by atoms with van der Waals surface area (Å²) in [4.78, 5) is 12.9. The standard InChI is InChI=1S/C27H30N2O4S/c1-21-16-18-29(19-17-21)34(31,32)25-14-12-24(13-15-25)33-20-26(30)28-27(22-8-4-2-5-9-22)23-10-6-3-7-11-23/h2-15,21,27H,16-20H2,1H3,(H,28,30). The summed E-state index contributed by atoms with van der Waals surface area (Å²) in [6.07, 6.45) is 1.75. The highest BCUT2D eigenvalue weighted by atomic mass is 32.2. The van der Waals surface area contributed by atoms with Crippen LogP contribution in [-0.4, -0.2) is 38.3 Å². The number of hydrogen-bond acceptors (Lipinski definition) is 4. The summed E-state index contributed by atoms with van der Waals surface area (Å²) < 4.78 is 33.0. The van der Waals surface area contributed by atoms with Gasteiger partial charge in [0.2, 0.25) is 10.0 Å². The number of rotatable bonds is 8. The van der Waals surface area contributed by atoms with E-state index in [9.17, 15) is 13.2 Å². The molecule has 178 valence electrons. The van der Waals surface area contributed by atoms with Crippen molar-refractivity contribution in [3.05, 3.63) is 96.1 Å². The second kappa shape index (κ2) is 10.8. The summed E-state index contributed by atoms with van der Waals surface area (Å²) in [5, 5.41) is 3.04. The highest BCUT2D eigenvalue weighted by Crippen LogP contribution is 2.25. The van der Waals surface area contributed by atoms with E-state index in [0.717, 1.165) is 24.0 Å². The lowest BCUT2D eigenvalue weighted by atomic mass is 9.99. The second-order valence-electron chi connectivity index (χ2n) is 8.67. The summed E-state index contributed by atoms with van der Waals surface area (Å²) in [6.45, 7) is 3.07. The van der Waals surface area contributed by atoms with E-state index in [-0.39, 0.29) is 23.5 Å². The van der Waals surface area contributed by atoms with Crippen molar-refractivity contribution in [1.29, 1.82) is 0 Å². The third kappa shape index (κ3) is 5.85. The molecule has 1 heterocycles. The minimum Gasteiger partial charge on any atom is -0.484 e. The molecule has 0 saturated carbocycles. The van der Waals surface area contributed by atoms with Crippen LogP contribution >= 0.6 is 0 Å². The van der Waals surface area contributed by atoms with Gasteiger partial charge in [-0.05, 0) is 54.2 Å². The van der Waals surface area contributed by atoms with E-state index >= 15 is 0 Å². The molecule has 0 spiro atoms. The first-order chi connectivity index (χ1) is 16.4. The molecule has 1 saturated heterocycles. The van der Waals surface area contributed by atoms with Gasteiger partial charge in [-0.3, -0.25) is 4.79 Å². The molecule has 34 heavy (non-hydrogen) atoms. The number of carbonyl (C=O) groups excluding carboxylic acids is 1. The van der Waals surface area contributed by atoms with Crippen molar-refractivity contribution in [3.8, 4) is 5.75 Å². The van der Waals surface area contributed by atoms with Crippen molar-refractivity contribution >= 4 is 15.9 Å². The van der Waals surface area contributed by atoms with Gasteiger partial charge in [0.15, 0.2) is 6.61 Å². The van der Waals surface area contributed by atoms with Crippen LogP contribution in [0.3, 0.4) is 0 Å². The number of hydrogen-bond donors (Lipinski definition) is 1. The average molecular weight is 479 g/mol. The van der Waals surface area contributed by atoms with Gasteiger partial charge in [0, 0.05) is 13.1 Å². The van der Waals surface area contributed by atoms with Crippen LogP contribution < -0.4 is 10.1 Å². The Morgan fingerprint density at radius 2 is 1.44 bits per heavy atom. The Labute approximate surface area is 201 Å². The van der Waals surface area contributed by atoms with Crippen LogP contribution in [0.1, 0.15) is 36.9 Å². The van der Waals surface area contributed by atoms with Gasteiger partial charge in [0.1, 0.15) is 5.75 Å². The maximum atomic E-state index is 12.9. The lowest BCUT2D eigenvalue weighted by Crippen LogP contribution is -2.37. The Morgan fingerprint density at radius 3 is 1.97 bits per heavy atom. The van der Waals surface area contributed by atoms with Crippen LogP contribution in [0.25, 0.3) is 0 Å². The topological polar surface area (TPSA) is 75.7 Å². The van der Waals surface area contributed by atoms with Crippen LogP contribution in [-0.2, 0) is 14.8 Å². The first-order valence-corrected chi connectivity index (χ1v) is 13.0. The first-order valence-electron chi connectivity index (χ1n) is 11.6. The Morgan fingerprint density at radius 1 is 0.912 bits per heavy atom. The fourth-order valence-electron chi connectivity index (χ4n) is 4.08. The van der Waals surface area contributed by atoms with Gasteiger partial charge >= 0.3 is 0 Å². The highest BCUT2D eigenvalue weighted by Gasteiger charge is 2.28. The van der Waals surface area contributed by atoms with Crippen LogP contribution in [0, 0.1) is 5.92 Å². The average Bonchev–Trinajstić information content (AvgIpc) is 2.87. The molecule has 1 N–H and O–H groups in total. The zero-order valence-corrected chi connectivity index (χ0v) is 20.1. The molecule has 0 atom stereocenters. The van der Waals surface area contributed by atoms with E-state index in [0.29, 0.717) is 24.8 Å². The molecule has 1 aliphatic heterocycles. The monoisotopic (exact) mass is 478 g/mol. The van der Waals surface area contributed by atoms with E-state index in [2.05, 4.69) is 12.2 Å². The largest absolute Gasteiger partial charge is 0.484 e. The van der Waals surface area contributed by atoms with Crippen LogP contribution in [0.4, 0.5) is 0 Å². The van der Waals surface area contributed by atoms with E-state index < -0.39 is 10.0 Å². The number of nitrogens with zero attached hydrogens (tertiary/aromatic N) is 1. The zero-order chi connectivity index (χ0) is 24.0. The molecular weight excluding hydrogens is 448 g/mol.